The van der Waals surface area contributed by atoms with Crippen LogP contribution >= 0.6 is 0 Å². The summed E-state index contributed by atoms with van der Waals surface area (Å²) in [5.74, 6) is -0.304. The van der Waals surface area contributed by atoms with Crippen LogP contribution in [-0.4, -0.2) is 50.6 Å². The molecule has 0 bridgehead atoms. The van der Waals surface area contributed by atoms with Crippen LogP contribution < -0.4 is 24.8 Å². The number of imide groups is 2. The van der Waals surface area contributed by atoms with Crippen LogP contribution in [-0.2, 0) is 16.0 Å². The Kier molecular flexibility index (Phi) is 5.17. The highest BCUT2D eigenvalue weighted by Gasteiger charge is 2.63. The highest BCUT2D eigenvalue weighted by molar-refractivity contribution is 6.30. The molecule has 8 nitrogen and oxygen atoms in total. The maximum Gasteiger partial charge on any atom is 0.335 e. The predicted octanol–water partition coefficient (Wildman–Crippen LogP) is 3.22. The van der Waals surface area contributed by atoms with Crippen LogP contribution in [0.4, 0.5) is 21.9 Å². The van der Waals surface area contributed by atoms with Crippen LogP contribution in [0.3, 0.4) is 0 Å². The van der Waals surface area contributed by atoms with Gasteiger partial charge in [0.15, 0.2) is 5.41 Å². The number of amides is 4. The molecule has 3 aromatic rings. The average Bonchev–Trinajstić information content (AvgIpc) is 2.92. The van der Waals surface area contributed by atoms with Crippen LogP contribution in [0.15, 0.2) is 78.9 Å². The fraction of sp³-hybridized carbons (Fsp3) is 0.250. The summed E-state index contributed by atoms with van der Waals surface area (Å²) >= 11 is 0. The quantitative estimate of drug-likeness (QED) is 0.578. The molecule has 0 aromatic heterocycles. The van der Waals surface area contributed by atoms with E-state index in [1.165, 1.54) is 0 Å². The summed E-state index contributed by atoms with van der Waals surface area (Å²) in [7, 11) is 1.63. The number of rotatable bonds is 3. The number of anilines is 3. The van der Waals surface area contributed by atoms with E-state index in [0.717, 1.165) is 27.6 Å². The second-order valence-corrected chi connectivity index (χ2v) is 9.34. The van der Waals surface area contributed by atoms with Gasteiger partial charge in [-0.3, -0.25) is 14.9 Å². The van der Waals surface area contributed by atoms with Crippen LogP contribution in [0, 0.1) is 5.41 Å². The third kappa shape index (κ3) is 3.17. The Morgan fingerprint density at radius 2 is 1.56 bits per heavy atom. The summed E-state index contributed by atoms with van der Waals surface area (Å²) in [4.78, 5) is 46.5. The molecule has 3 heterocycles. The van der Waals surface area contributed by atoms with E-state index in [0.29, 0.717) is 25.3 Å². The Balaban J connectivity index is 1.49. The largest absolute Gasteiger partial charge is 0.495 e. The van der Waals surface area contributed by atoms with Crippen LogP contribution in [0.2, 0.25) is 0 Å². The smallest absolute Gasteiger partial charge is 0.335 e. The first kappa shape index (κ1) is 22.2. The second-order valence-electron chi connectivity index (χ2n) is 9.34. The summed E-state index contributed by atoms with van der Waals surface area (Å²) in [6, 6.07) is 23.2. The van der Waals surface area contributed by atoms with Crippen LogP contribution in [0.5, 0.6) is 5.75 Å². The van der Waals surface area contributed by atoms with Gasteiger partial charge in [-0.05, 0) is 42.3 Å². The molecule has 0 aliphatic carbocycles. The molecular weight excluding hydrogens is 456 g/mol. The van der Waals surface area contributed by atoms with E-state index >= 15 is 0 Å². The standard InChI is InChI=1S/C28H26N4O4/c1-36-23-14-8-7-13-22(23)30-15-16-31-21-12-6-5-9-19(21)17-28(24(31)18-30)25(33)29-27(35)32(26(28)34)20-10-3-2-4-11-20/h2-14,24H,15-18H2,1H3,(H,29,33,35)/t24-,28+/m0/s1. The summed E-state index contributed by atoms with van der Waals surface area (Å²) in [5, 5.41) is 2.52. The topological polar surface area (TPSA) is 82.2 Å². The summed E-state index contributed by atoms with van der Waals surface area (Å²) in [5.41, 5.74) is 1.82. The Morgan fingerprint density at radius 1 is 0.861 bits per heavy atom. The fourth-order valence-electron chi connectivity index (χ4n) is 5.88. The molecule has 8 heteroatoms. The number of para-hydroxylation sites is 4. The van der Waals surface area contributed by atoms with Crippen molar-refractivity contribution in [2.24, 2.45) is 5.41 Å². The molecule has 36 heavy (non-hydrogen) atoms. The zero-order chi connectivity index (χ0) is 24.9. The van der Waals surface area contributed by atoms with Gasteiger partial charge in [-0.15, -0.1) is 0 Å². The number of benzene rings is 3. The van der Waals surface area contributed by atoms with E-state index in [-0.39, 0.29) is 6.42 Å². The molecule has 4 amide bonds. The minimum atomic E-state index is -1.47. The van der Waals surface area contributed by atoms with Gasteiger partial charge in [-0.25, -0.2) is 9.69 Å². The number of carbonyl (C=O) groups is 3. The molecule has 2 saturated heterocycles. The number of nitrogens with one attached hydrogen (secondary N) is 1. The molecule has 1 spiro atoms. The number of ether oxygens (including phenoxy) is 1. The van der Waals surface area contributed by atoms with Gasteiger partial charge in [0, 0.05) is 25.3 Å². The minimum Gasteiger partial charge on any atom is -0.495 e. The normalized spacial score (nSPS) is 23.3. The number of barbiturate groups is 1. The van der Waals surface area contributed by atoms with Crippen molar-refractivity contribution in [3.63, 3.8) is 0 Å². The first-order valence-corrected chi connectivity index (χ1v) is 12.0. The van der Waals surface area contributed by atoms with Crippen molar-refractivity contribution in [3.8, 4) is 5.75 Å². The number of fused-ring (bicyclic) bond motifs is 4. The van der Waals surface area contributed by atoms with Gasteiger partial charge in [-0.2, -0.15) is 0 Å². The van der Waals surface area contributed by atoms with Gasteiger partial charge in [-0.1, -0.05) is 48.5 Å². The van der Waals surface area contributed by atoms with Gasteiger partial charge in [0.1, 0.15) is 5.75 Å². The molecule has 3 aliphatic heterocycles. The van der Waals surface area contributed by atoms with Crippen molar-refractivity contribution in [1.29, 1.82) is 0 Å². The first-order valence-electron chi connectivity index (χ1n) is 12.0. The lowest BCUT2D eigenvalue weighted by molar-refractivity contribution is -0.144. The molecule has 3 aliphatic rings. The molecular formula is C28H26N4O4. The van der Waals surface area contributed by atoms with E-state index in [9.17, 15) is 14.4 Å². The van der Waals surface area contributed by atoms with E-state index in [4.69, 9.17) is 4.74 Å². The lowest BCUT2D eigenvalue weighted by Crippen LogP contribution is -2.75. The number of urea groups is 1. The van der Waals surface area contributed by atoms with E-state index in [2.05, 4.69) is 15.1 Å². The summed E-state index contributed by atoms with van der Waals surface area (Å²) in [6.45, 7) is 1.73. The van der Waals surface area contributed by atoms with Gasteiger partial charge in [0.2, 0.25) is 5.91 Å². The molecule has 2 fully saturated rings. The number of carbonyl (C=O) groups excluding carboxylic acids is 3. The van der Waals surface area contributed by atoms with Crippen molar-refractivity contribution >= 4 is 34.9 Å². The van der Waals surface area contributed by atoms with E-state index < -0.39 is 29.3 Å². The molecule has 6 rings (SSSR count). The van der Waals surface area contributed by atoms with Crippen molar-refractivity contribution in [3.05, 3.63) is 84.4 Å². The molecule has 182 valence electrons. The number of hydrogen-bond donors (Lipinski definition) is 1. The first-order chi connectivity index (χ1) is 17.5. The molecule has 0 saturated carbocycles. The maximum atomic E-state index is 14.3. The maximum absolute atomic E-state index is 14.3. The summed E-state index contributed by atoms with van der Waals surface area (Å²) in [6.07, 6.45) is 0.214. The van der Waals surface area contributed by atoms with Crippen molar-refractivity contribution in [1.82, 2.24) is 5.32 Å². The second kappa shape index (κ2) is 8.41. The number of hydrogen-bond acceptors (Lipinski definition) is 6. The fourth-order valence-corrected chi connectivity index (χ4v) is 5.88. The number of methoxy groups -OCH3 is 1. The lowest BCUT2D eigenvalue weighted by atomic mass is 9.67. The van der Waals surface area contributed by atoms with Crippen molar-refractivity contribution in [2.75, 3.05) is 41.4 Å². The molecule has 0 radical (unpaired) electrons. The van der Waals surface area contributed by atoms with Gasteiger partial charge < -0.3 is 14.5 Å². The Hall–Kier alpha value is -4.33. The van der Waals surface area contributed by atoms with Gasteiger partial charge in [0.05, 0.1) is 24.5 Å². The van der Waals surface area contributed by atoms with Gasteiger partial charge in [0.25, 0.3) is 5.91 Å². The Morgan fingerprint density at radius 3 is 2.33 bits per heavy atom. The molecule has 2 atom stereocenters. The zero-order valence-corrected chi connectivity index (χ0v) is 19.9. The molecule has 0 unspecified atom stereocenters. The highest BCUT2D eigenvalue weighted by Crippen LogP contribution is 2.47. The molecule has 3 aromatic carbocycles. The SMILES string of the molecule is COc1ccccc1N1CCN2c3ccccc3C[C@]3(C(=O)NC(=O)N(c4ccccc4)C3=O)[C@@H]2C1. The monoisotopic (exact) mass is 482 g/mol. The van der Waals surface area contributed by atoms with Crippen LogP contribution in [0.25, 0.3) is 0 Å². The Labute approximate surface area is 209 Å². The Bertz CT molecular complexity index is 1360. The predicted molar refractivity (Wildman–Crippen MR) is 136 cm³/mol. The van der Waals surface area contributed by atoms with E-state index in [1.807, 2.05) is 54.6 Å². The van der Waals surface area contributed by atoms with E-state index in [1.54, 1.807) is 31.4 Å². The van der Waals surface area contributed by atoms with Crippen molar-refractivity contribution in [2.45, 2.75) is 12.5 Å². The van der Waals surface area contributed by atoms with Crippen molar-refractivity contribution < 1.29 is 19.1 Å². The summed E-state index contributed by atoms with van der Waals surface area (Å²) < 4.78 is 5.60. The van der Waals surface area contributed by atoms with Gasteiger partial charge >= 0.3 is 6.03 Å². The number of piperazine rings is 1. The third-order valence-electron chi connectivity index (χ3n) is 7.57. The number of nitrogens with zero attached hydrogens (tertiary/aromatic N) is 3. The highest BCUT2D eigenvalue weighted by atomic mass is 16.5. The minimum absolute atomic E-state index is 0.214. The lowest BCUT2D eigenvalue weighted by Gasteiger charge is -2.55. The third-order valence-corrected chi connectivity index (χ3v) is 7.57. The zero-order valence-electron chi connectivity index (χ0n) is 19.9. The van der Waals surface area contributed by atoms with Crippen LogP contribution in [0.1, 0.15) is 5.56 Å². The molecule has 1 N–H and O–H groups in total. The average molecular weight is 483 g/mol.